The predicted molar refractivity (Wildman–Crippen MR) is 52.4 cm³/mol. The Balaban J connectivity index is 2.22. The molecule has 2 aliphatic rings. The number of hydrogen-bond acceptors (Lipinski definition) is 5. The Kier molecular flexibility index (Phi) is 2.44. The molecule has 1 fully saturated rings. The molecule has 0 saturated carbocycles. The zero-order valence-electron chi connectivity index (χ0n) is 7.50. The van der Waals surface area contributed by atoms with Gasteiger partial charge in [-0.15, -0.1) is 11.8 Å². The minimum absolute atomic E-state index is 0.0983. The molecule has 70 valence electrons. The summed E-state index contributed by atoms with van der Waals surface area (Å²) >= 11 is 1.60. The molecule has 2 heterocycles. The summed E-state index contributed by atoms with van der Waals surface area (Å²) in [6.45, 7) is 2.00. The fourth-order valence-corrected chi connectivity index (χ4v) is 2.27. The van der Waals surface area contributed by atoms with Crippen molar-refractivity contribution in [2.24, 2.45) is 0 Å². The van der Waals surface area contributed by atoms with Crippen LogP contribution in [0.15, 0.2) is 10.6 Å². The van der Waals surface area contributed by atoms with Crippen LogP contribution in [0.2, 0.25) is 0 Å². The molecule has 0 radical (unpaired) electrons. The number of nitrogens with zero attached hydrogens (tertiary/aromatic N) is 2. The summed E-state index contributed by atoms with van der Waals surface area (Å²) in [7, 11) is 0. The Hall–Kier alpha value is -0.700. The molecule has 0 aromatic heterocycles. The second-order valence-corrected chi connectivity index (χ2v) is 3.89. The summed E-state index contributed by atoms with van der Waals surface area (Å²) in [4.78, 5) is 0. The van der Waals surface area contributed by atoms with Crippen molar-refractivity contribution < 1.29 is 0 Å². The Morgan fingerprint density at radius 2 is 2.54 bits per heavy atom. The predicted octanol–water partition coefficient (Wildman–Crippen LogP) is 0.224. The van der Waals surface area contributed by atoms with Gasteiger partial charge in [0.25, 0.3) is 0 Å². The molecular weight excluding hydrogens is 184 g/mol. The highest BCUT2D eigenvalue weighted by Crippen LogP contribution is 2.26. The standard InChI is InChI=1S/C8H12N4S/c1-13-8-6(5-9)7-10-3-2-4-12(7)11-8/h7,10-11H,2-4H2,1H3. The first-order valence-corrected chi connectivity index (χ1v) is 5.54. The van der Waals surface area contributed by atoms with Crippen LogP contribution in [0.3, 0.4) is 0 Å². The van der Waals surface area contributed by atoms with Crippen LogP contribution in [0.4, 0.5) is 0 Å². The quantitative estimate of drug-likeness (QED) is 0.628. The van der Waals surface area contributed by atoms with Gasteiger partial charge in [0.15, 0.2) is 0 Å². The van der Waals surface area contributed by atoms with E-state index in [0.717, 1.165) is 30.1 Å². The second-order valence-electron chi connectivity index (χ2n) is 3.07. The lowest BCUT2D eigenvalue weighted by molar-refractivity contribution is 0.138. The molecule has 2 N–H and O–H groups in total. The fourth-order valence-electron chi connectivity index (χ4n) is 1.69. The van der Waals surface area contributed by atoms with Crippen molar-refractivity contribution in [3.63, 3.8) is 0 Å². The third-order valence-corrected chi connectivity index (χ3v) is 3.03. The summed E-state index contributed by atoms with van der Waals surface area (Å²) in [6.07, 6.45) is 3.21. The lowest BCUT2D eigenvalue weighted by Crippen LogP contribution is -2.52. The highest BCUT2D eigenvalue weighted by Gasteiger charge is 2.33. The number of thioether (sulfide) groups is 1. The van der Waals surface area contributed by atoms with E-state index in [0.29, 0.717) is 0 Å². The summed E-state index contributed by atoms with van der Waals surface area (Å²) in [5.41, 5.74) is 4.06. The monoisotopic (exact) mass is 196 g/mol. The largest absolute Gasteiger partial charge is 0.310 e. The zero-order chi connectivity index (χ0) is 9.26. The van der Waals surface area contributed by atoms with E-state index in [1.54, 1.807) is 11.8 Å². The van der Waals surface area contributed by atoms with E-state index in [9.17, 15) is 0 Å². The van der Waals surface area contributed by atoms with Crippen molar-refractivity contribution in [3.8, 4) is 6.07 Å². The molecule has 13 heavy (non-hydrogen) atoms. The highest BCUT2D eigenvalue weighted by molar-refractivity contribution is 8.02. The number of nitrogens with one attached hydrogen (secondary N) is 2. The Bertz CT molecular complexity index is 280. The van der Waals surface area contributed by atoms with Gasteiger partial charge in [0.05, 0.1) is 10.6 Å². The minimum Gasteiger partial charge on any atom is -0.310 e. The average molecular weight is 196 g/mol. The molecule has 1 atom stereocenters. The topological polar surface area (TPSA) is 51.1 Å². The van der Waals surface area contributed by atoms with Crippen LogP contribution in [0.1, 0.15) is 6.42 Å². The van der Waals surface area contributed by atoms with Crippen LogP contribution in [0, 0.1) is 11.3 Å². The van der Waals surface area contributed by atoms with Crippen molar-refractivity contribution in [1.82, 2.24) is 15.8 Å². The summed E-state index contributed by atoms with van der Waals surface area (Å²) in [6, 6.07) is 2.26. The number of rotatable bonds is 1. The number of nitriles is 1. The van der Waals surface area contributed by atoms with Gasteiger partial charge < -0.3 is 5.43 Å². The van der Waals surface area contributed by atoms with Crippen molar-refractivity contribution in [2.45, 2.75) is 12.6 Å². The Morgan fingerprint density at radius 1 is 1.69 bits per heavy atom. The number of hydrazine groups is 1. The van der Waals surface area contributed by atoms with Gasteiger partial charge >= 0.3 is 0 Å². The molecular formula is C8H12N4S. The van der Waals surface area contributed by atoms with Crippen molar-refractivity contribution in [3.05, 3.63) is 10.6 Å². The van der Waals surface area contributed by atoms with Crippen LogP contribution < -0.4 is 10.7 Å². The van der Waals surface area contributed by atoms with E-state index >= 15 is 0 Å². The normalized spacial score (nSPS) is 28.2. The Morgan fingerprint density at radius 3 is 3.23 bits per heavy atom. The first-order chi connectivity index (χ1) is 6.36. The van der Waals surface area contributed by atoms with Crippen LogP contribution in [0.25, 0.3) is 0 Å². The van der Waals surface area contributed by atoms with Crippen molar-refractivity contribution >= 4 is 11.8 Å². The van der Waals surface area contributed by atoms with E-state index in [4.69, 9.17) is 5.26 Å². The molecule has 2 rings (SSSR count). The first-order valence-electron chi connectivity index (χ1n) is 4.31. The summed E-state index contributed by atoms with van der Waals surface area (Å²) < 4.78 is 0. The van der Waals surface area contributed by atoms with E-state index in [2.05, 4.69) is 21.8 Å². The van der Waals surface area contributed by atoms with Crippen molar-refractivity contribution in [1.29, 1.82) is 5.26 Å². The van der Waals surface area contributed by atoms with E-state index < -0.39 is 0 Å². The maximum Gasteiger partial charge on any atom is 0.116 e. The van der Waals surface area contributed by atoms with Crippen molar-refractivity contribution in [2.75, 3.05) is 19.3 Å². The van der Waals surface area contributed by atoms with Crippen LogP contribution in [0.5, 0.6) is 0 Å². The van der Waals surface area contributed by atoms with Gasteiger partial charge in [0.2, 0.25) is 0 Å². The van der Waals surface area contributed by atoms with E-state index in [1.807, 2.05) is 6.26 Å². The van der Waals surface area contributed by atoms with Crippen LogP contribution in [-0.4, -0.2) is 30.5 Å². The molecule has 5 heteroatoms. The minimum atomic E-state index is 0.0983. The second kappa shape index (κ2) is 3.58. The average Bonchev–Trinajstić information content (AvgIpc) is 2.55. The molecule has 2 aliphatic heterocycles. The molecule has 0 aromatic rings. The van der Waals surface area contributed by atoms with Gasteiger partial charge in [0, 0.05) is 6.54 Å². The zero-order valence-corrected chi connectivity index (χ0v) is 8.32. The van der Waals surface area contributed by atoms with Crippen LogP contribution in [-0.2, 0) is 0 Å². The SMILES string of the molecule is CSC1=C(C#N)C2NCCCN2N1. The fraction of sp³-hybridized carbons (Fsp3) is 0.625. The maximum atomic E-state index is 8.98. The molecule has 1 unspecified atom stereocenters. The molecule has 0 amide bonds. The number of fused-ring (bicyclic) bond motifs is 1. The van der Waals surface area contributed by atoms with E-state index in [-0.39, 0.29) is 6.17 Å². The molecule has 0 spiro atoms. The van der Waals surface area contributed by atoms with Gasteiger partial charge in [-0.1, -0.05) is 0 Å². The third kappa shape index (κ3) is 1.41. The number of hydrogen-bond donors (Lipinski definition) is 2. The van der Waals surface area contributed by atoms with Gasteiger partial charge in [-0.2, -0.15) is 5.26 Å². The Labute approximate surface area is 81.9 Å². The summed E-state index contributed by atoms with van der Waals surface area (Å²) in [5, 5.41) is 15.4. The van der Waals surface area contributed by atoms with Gasteiger partial charge in [-0.05, 0) is 19.2 Å². The summed E-state index contributed by atoms with van der Waals surface area (Å²) in [5.74, 6) is 0. The first kappa shape index (κ1) is 8.88. The molecule has 0 bridgehead atoms. The smallest absolute Gasteiger partial charge is 0.116 e. The third-order valence-electron chi connectivity index (χ3n) is 2.31. The van der Waals surface area contributed by atoms with Gasteiger partial charge in [-0.25, -0.2) is 5.01 Å². The molecule has 0 aliphatic carbocycles. The van der Waals surface area contributed by atoms with E-state index in [1.165, 1.54) is 0 Å². The van der Waals surface area contributed by atoms with Crippen LogP contribution >= 0.6 is 11.8 Å². The highest BCUT2D eigenvalue weighted by atomic mass is 32.2. The molecule has 0 aromatic carbocycles. The van der Waals surface area contributed by atoms with Gasteiger partial charge in [0.1, 0.15) is 12.2 Å². The molecule has 1 saturated heterocycles. The molecule has 4 nitrogen and oxygen atoms in total. The lowest BCUT2D eigenvalue weighted by atomic mass is 10.2. The van der Waals surface area contributed by atoms with Gasteiger partial charge in [-0.3, -0.25) is 5.32 Å². The maximum absolute atomic E-state index is 8.98. The lowest BCUT2D eigenvalue weighted by Gasteiger charge is -2.30.